The second kappa shape index (κ2) is 6.88. The Balaban J connectivity index is 1.78. The molecule has 3 heterocycles. The molecular weight excluding hydrogens is 326 g/mol. The van der Waals surface area contributed by atoms with Crippen molar-refractivity contribution in [3.05, 3.63) is 51.1 Å². The van der Waals surface area contributed by atoms with Gasteiger partial charge >= 0.3 is 0 Å². The van der Waals surface area contributed by atoms with E-state index in [9.17, 15) is 9.59 Å². The molecule has 0 saturated carbocycles. The summed E-state index contributed by atoms with van der Waals surface area (Å²) in [4.78, 5) is 33.1. The van der Waals surface area contributed by atoms with Crippen molar-refractivity contribution >= 4 is 27.5 Å². The van der Waals surface area contributed by atoms with Gasteiger partial charge in [0.1, 0.15) is 6.54 Å². The molecule has 3 aromatic rings. The maximum absolute atomic E-state index is 12.5. The Morgan fingerprint density at radius 3 is 2.92 bits per heavy atom. The van der Waals surface area contributed by atoms with Crippen molar-refractivity contribution < 1.29 is 4.79 Å². The number of hydrogen-bond acceptors (Lipinski definition) is 6. The quantitative estimate of drug-likeness (QED) is 0.757. The Bertz CT molecular complexity index is 933. The predicted octanol–water partition coefficient (Wildman–Crippen LogP) is 1.44. The number of pyridine rings is 1. The van der Waals surface area contributed by atoms with Gasteiger partial charge in [-0.1, -0.05) is 13.0 Å². The van der Waals surface area contributed by atoms with Crippen molar-refractivity contribution in [1.82, 2.24) is 25.1 Å². The van der Waals surface area contributed by atoms with E-state index in [4.69, 9.17) is 0 Å². The lowest BCUT2D eigenvalue weighted by molar-refractivity contribution is -0.122. The monoisotopic (exact) mass is 343 g/mol. The minimum Gasteiger partial charge on any atom is -0.349 e. The van der Waals surface area contributed by atoms with Crippen molar-refractivity contribution in [3.8, 4) is 0 Å². The van der Waals surface area contributed by atoms with Crippen LogP contribution >= 0.6 is 11.3 Å². The molecule has 24 heavy (non-hydrogen) atoms. The summed E-state index contributed by atoms with van der Waals surface area (Å²) in [6.07, 6.45) is 2.43. The SMILES string of the molecule is CCc1nc2c(=O)n(CC(=O)NCc3ccccn3)nc(C)c2s1. The first-order valence-electron chi connectivity index (χ1n) is 7.62. The Morgan fingerprint density at radius 1 is 1.38 bits per heavy atom. The van der Waals surface area contributed by atoms with Crippen molar-refractivity contribution in [2.24, 2.45) is 0 Å². The summed E-state index contributed by atoms with van der Waals surface area (Å²) in [5, 5.41) is 7.87. The Hall–Kier alpha value is -2.61. The summed E-state index contributed by atoms with van der Waals surface area (Å²) in [6.45, 7) is 3.99. The van der Waals surface area contributed by atoms with Gasteiger partial charge in [0.25, 0.3) is 5.56 Å². The van der Waals surface area contributed by atoms with Crippen LogP contribution in [0.25, 0.3) is 10.2 Å². The van der Waals surface area contributed by atoms with Gasteiger partial charge in [0.05, 0.1) is 27.6 Å². The number of thiazole rings is 1. The van der Waals surface area contributed by atoms with Gasteiger partial charge < -0.3 is 5.32 Å². The first kappa shape index (κ1) is 16.3. The molecule has 0 aliphatic heterocycles. The number of rotatable bonds is 5. The first-order valence-corrected chi connectivity index (χ1v) is 8.44. The van der Waals surface area contributed by atoms with Crippen LogP contribution in [0.1, 0.15) is 23.3 Å². The number of fused-ring (bicyclic) bond motifs is 1. The fourth-order valence-electron chi connectivity index (χ4n) is 2.29. The van der Waals surface area contributed by atoms with Gasteiger partial charge in [0, 0.05) is 6.20 Å². The van der Waals surface area contributed by atoms with Crippen LogP contribution in [-0.2, 0) is 24.3 Å². The van der Waals surface area contributed by atoms with Crippen LogP contribution in [0.4, 0.5) is 0 Å². The zero-order valence-electron chi connectivity index (χ0n) is 13.4. The molecule has 0 bridgehead atoms. The van der Waals surface area contributed by atoms with E-state index in [0.29, 0.717) is 17.8 Å². The summed E-state index contributed by atoms with van der Waals surface area (Å²) >= 11 is 1.48. The van der Waals surface area contributed by atoms with Crippen LogP contribution in [0.5, 0.6) is 0 Å². The summed E-state index contributed by atoms with van der Waals surface area (Å²) in [5.41, 5.74) is 1.52. The highest BCUT2D eigenvalue weighted by Crippen LogP contribution is 2.21. The molecule has 1 N–H and O–H groups in total. The molecule has 1 amide bonds. The normalized spacial score (nSPS) is 10.9. The molecule has 3 rings (SSSR count). The van der Waals surface area contributed by atoms with Gasteiger partial charge in [-0.25, -0.2) is 9.67 Å². The van der Waals surface area contributed by atoms with Crippen LogP contribution in [-0.4, -0.2) is 25.7 Å². The van der Waals surface area contributed by atoms with Crippen molar-refractivity contribution in [1.29, 1.82) is 0 Å². The molecule has 7 nitrogen and oxygen atoms in total. The molecule has 8 heteroatoms. The second-order valence-corrected chi connectivity index (χ2v) is 6.37. The van der Waals surface area contributed by atoms with Crippen molar-refractivity contribution in [3.63, 3.8) is 0 Å². The highest BCUT2D eigenvalue weighted by atomic mass is 32.1. The lowest BCUT2D eigenvalue weighted by Gasteiger charge is -2.07. The molecule has 0 radical (unpaired) electrons. The number of carbonyl (C=O) groups excluding carboxylic acids is 1. The zero-order valence-corrected chi connectivity index (χ0v) is 14.3. The molecule has 124 valence electrons. The van der Waals surface area contributed by atoms with Crippen LogP contribution in [0, 0.1) is 6.92 Å². The maximum Gasteiger partial charge on any atom is 0.294 e. The second-order valence-electron chi connectivity index (χ2n) is 5.28. The standard InChI is InChI=1S/C16H17N5O2S/c1-3-13-19-14-15(24-13)10(2)20-21(16(14)23)9-12(22)18-8-11-6-4-5-7-17-11/h4-7H,3,8-9H2,1-2H3,(H,18,22). The molecule has 0 aliphatic rings. The third kappa shape index (κ3) is 3.33. The molecule has 0 atom stereocenters. The molecule has 0 aromatic carbocycles. The van der Waals surface area contributed by atoms with Crippen LogP contribution in [0.15, 0.2) is 29.2 Å². The minimum atomic E-state index is -0.334. The van der Waals surface area contributed by atoms with E-state index >= 15 is 0 Å². The van der Waals surface area contributed by atoms with Crippen molar-refractivity contribution in [2.45, 2.75) is 33.4 Å². The van der Waals surface area contributed by atoms with E-state index in [2.05, 4.69) is 20.4 Å². The maximum atomic E-state index is 12.5. The van der Waals surface area contributed by atoms with Crippen LogP contribution < -0.4 is 10.9 Å². The molecule has 3 aromatic heterocycles. The average molecular weight is 343 g/mol. The Kier molecular flexibility index (Phi) is 4.66. The molecule has 0 spiro atoms. The molecule has 0 aliphatic carbocycles. The van der Waals surface area contributed by atoms with Crippen LogP contribution in [0.2, 0.25) is 0 Å². The third-order valence-electron chi connectivity index (χ3n) is 3.50. The summed E-state index contributed by atoms with van der Waals surface area (Å²) < 4.78 is 1.96. The van der Waals surface area contributed by atoms with Gasteiger partial charge in [0.15, 0.2) is 5.52 Å². The summed E-state index contributed by atoms with van der Waals surface area (Å²) in [7, 11) is 0. The lowest BCUT2D eigenvalue weighted by Crippen LogP contribution is -2.34. The van der Waals surface area contributed by atoms with E-state index in [-0.39, 0.29) is 18.0 Å². The Labute approximate surface area is 142 Å². The number of nitrogens with one attached hydrogen (secondary N) is 1. The Morgan fingerprint density at radius 2 is 2.21 bits per heavy atom. The van der Waals surface area contributed by atoms with E-state index in [0.717, 1.165) is 21.8 Å². The fourth-order valence-corrected chi connectivity index (χ4v) is 3.23. The van der Waals surface area contributed by atoms with Gasteiger partial charge in [-0.15, -0.1) is 11.3 Å². The smallest absolute Gasteiger partial charge is 0.294 e. The molecule has 0 fully saturated rings. The number of amides is 1. The van der Waals surface area contributed by atoms with E-state index in [1.54, 1.807) is 6.20 Å². The van der Waals surface area contributed by atoms with E-state index in [1.807, 2.05) is 32.0 Å². The minimum absolute atomic E-state index is 0.137. The average Bonchev–Trinajstić information content (AvgIpc) is 3.04. The van der Waals surface area contributed by atoms with E-state index < -0.39 is 0 Å². The number of aromatic nitrogens is 4. The summed E-state index contributed by atoms with van der Waals surface area (Å²) in [5.74, 6) is -0.292. The molecule has 0 saturated heterocycles. The molecule has 0 unspecified atom stereocenters. The summed E-state index contributed by atoms with van der Waals surface area (Å²) in [6, 6.07) is 5.49. The zero-order chi connectivity index (χ0) is 17.1. The predicted molar refractivity (Wildman–Crippen MR) is 91.9 cm³/mol. The number of hydrogen-bond donors (Lipinski definition) is 1. The number of carbonyl (C=O) groups is 1. The largest absolute Gasteiger partial charge is 0.349 e. The van der Waals surface area contributed by atoms with Gasteiger partial charge in [-0.2, -0.15) is 5.10 Å². The number of nitrogens with zero attached hydrogens (tertiary/aromatic N) is 4. The van der Waals surface area contributed by atoms with E-state index in [1.165, 1.54) is 16.0 Å². The van der Waals surface area contributed by atoms with Crippen LogP contribution in [0.3, 0.4) is 0 Å². The van der Waals surface area contributed by atoms with Gasteiger partial charge in [-0.05, 0) is 25.5 Å². The fraction of sp³-hybridized carbons (Fsp3) is 0.312. The highest BCUT2D eigenvalue weighted by Gasteiger charge is 2.15. The molecular formula is C16H17N5O2S. The highest BCUT2D eigenvalue weighted by molar-refractivity contribution is 7.18. The van der Waals surface area contributed by atoms with Gasteiger partial charge in [-0.3, -0.25) is 14.6 Å². The number of aryl methyl sites for hydroxylation is 2. The third-order valence-corrected chi connectivity index (χ3v) is 4.80. The lowest BCUT2D eigenvalue weighted by atomic mass is 10.3. The first-order chi connectivity index (χ1) is 11.6. The van der Waals surface area contributed by atoms with Crippen molar-refractivity contribution in [2.75, 3.05) is 0 Å². The topological polar surface area (TPSA) is 89.8 Å². The van der Waals surface area contributed by atoms with Gasteiger partial charge in [0.2, 0.25) is 5.91 Å².